The van der Waals surface area contributed by atoms with E-state index in [-0.39, 0.29) is 18.2 Å². The molecule has 0 atom stereocenters. The van der Waals surface area contributed by atoms with E-state index in [2.05, 4.69) is 20.5 Å². The van der Waals surface area contributed by atoms with Crippen LogP contribution in [0.25, 0.3) is 16.9 Å². The molecule has 3 N–H and O–H groups in total. The van der Waals surface area contributed by atoms with Crippen molar-refractivity contribution in [3.8, 4) is 17.0 Å². The Bertz CT molecular complexity index is 1510. The summed E-state index contributed by atoms with van der Waals surface area (Å²) in [7, 11) is 1.42. The van der Waals surface area contributed by atoms with Crippen molar-refractivity contribution in [1.82, 2.24) is 19.3 Å². The molecule has 0 radical (unpaired) electrons. The van der Waals surface area contributed by atoms with Gasteiger partial charge in [-0.05, 0) is 61.7 Å². The minimum absolute atomic E-state index is 0.0876. The number of hydrogen-bond acceptors (Lipinski definition) is 8. The first-order chi connectivity index (χ1) is 18.4. The van der Waals surface area contributed by atoms with Crippen LogP contribution in [0, 0.1) is 17.6 Å². The first-order valence-corrected chi connectivity index (χ1v) is 12.3. The summed E-state index contributed by atoms with van der Waals surface area (Å²) in [5.41, 5.74) is 9.01. The molecular formula is C27H28FN7O3. The second kappa shape index (κ2) is 10.2. The van der Waals surface area contributed by atoms with Crippen molar-refractivity contribution in [3.63, 3.8) is 0 Å². The number of nitroso groups, excluding NO2 is 1. The van der Waals surface area contributed by atoms with Gasteiger partial charge in [0.05, 0.1) is 19.0 Å². The number of ether oxygens (including phenoxy) is 1. The van der Waals surface area contributed by atoms with E-state index in [4.69, 9.17) is 10.5 Å². The number of nitrogens with zero attached hydrogens (tertiary/aromatic N) is 5. The fraction of sp³-hybridized carbons (Fsp3) is 0.296. The lowest BCUT2D eigenvalue weighted by Crippen LogP contribution is -2.49. The number of benzene rings is 2. The largest absolute Gasteiger partial charge is 0.494 e. The zero-order valence-electron chi connectivity index (χ0n) is 21.1. The van der Waals surface area contributed by atoms with Gasteiger partial charge < -0.3 is 20.7 Å². The van der Waals surface area contributed by atoms with Crippen molar-refractivity contribution >= 4 is 23.1 Å². The van der Waals surface area contributed by atoms with Crippen molar-refractivity contribution < 1.29 is 13.9 Å². The number of carbonyl (C=O) groups is 1. The second-order valence-electron chi connectivity index (χ2n) is 9.43. The molecule has 10 nitrogen and oxygen atoms in total. The summed E-state index contributed by atoms with van der Waals surface area (Å²) >= 11 is 0. The number of anilines is 2. The zero-order valence-corrected chi connectivity index (χ0v) is 21.1. The maximum atomic E-state index is 14.3. The van der Waals surface area contributed by atoms with Crippen LogP contribution in [0.3, 0.4) is 0 Å². The third-order valence-electron chi connectivity index (χ3n) is 7.15. The molecule has 1 amide bonds. The first-order valence-electron chi connectivity index (χ1n) is 12.3. The third kappa shape index (κ3) is 4.56. The lowest BCUT2D eigenvalue weighted by Gasteiger charge is -2.36. The Morgan fingerprint density at radius 3 is 2.66 bits per heavy atom. The van der Waals surface area contributed by atoms with Crippen LogP contribution < -0.4 is 15.8 Å². The van der Waals surface area contributed by atoms with Gasteiger partial charge in [-0.2, -0.15) is 4.91 Å². The minimum atomic E-state index is -0.776. The Balaban J connectivity index is 1.35. The molecule has 1 fully saturated rings. The van der Waals surface area contributed by atoms with Crippen molar-refractivity contribution in [3.05, 3.63) is 76.8 Å². The Labute approximate surface area is 218 Å². The van der Waals surface area contributed by atoms with E-state index >= 15 is 0 Å². The summed E-state index contributed by atoms with van der Waals surface area (Å²) < 4.78 is 21.1. The van der Waals surface area contributed by atoms with Gasteiger partial charge in [-0.15, -0.1) is 0 Å². The van der Waals surface area contributed by atoms with Gasteiger partial charge >= 0.3 is 0 Å². The second-order valence-corrected chi connectivity index (χ2v) is 9.43. The maximum Gasteiger partial charge on any atom is 0.254 e. The van der Waals surface area contributed by atoms with Crippen molar-refractivity contribution in [2.24, 2.45) is 10.9 Å². The molecular weight excluding hydrogens is 489 g/mol. The van der Waals surface area contributed by atoms with Crippen LogP contribution in [0.4, 0.5) is 15.9 Å². The van der Waals surface area contributed by atoms with Crippen LogP contribution in [0.15, 0.2) is 60.2 Å². The van der Waals surface area contributed by atoms with Crippen LogP contribution >= 0.6 is 0 Å². The lowest BCUT2D eigenvalue weighted by molar-refractivity contribution is 0.0675. The highest BCUT2D eigenvalue weighted by Gasteiger charge is 2.36. The number of fused-ring (bicyclic) bond motifs is 1. The molecule has 1 aliphatic rings. The summed E-state index contributed by atoms with van der Waals surface area (Å²) in [5.74, 6) is 0.143. The molecule has 1 saturated heterocycles. The highest BCUT2D eigenvalue weighted by Crippen LogP contribution is 2.30. The Hall–Kier alpha value is -4.38. The number of likely N-dealkylation sites (tertiary alicyclic amines) is 1. The number of imidazole rings is 1. The standard InChI is InChI=1S/C27H28FN7O3/c1-17-13-19(4-5-20(17)26(36)34-10-7-27(16-29,33-37)8-11-34)32-24-25-31-15-22(35(25)12-9-30-24)18-3-6-23(38-2)21(28)14-18/h3-6,9,12-15H,7-8,10-11,16,29H2,1-2H3,(H,30,32). The molecule has 2 aromatic carbocycles. The highest BCUT2D eigenvalue weighted by molar-refractivity contribution is 5.96. The number of rotatable bonds is 7. The van der Waals surface area contributed by atoms with E-state index in [0.29, 0.717) is 54.2 Å². The Kier molecular flexibility index (Phi) is 6.77. The van der Waals surface area contributed by atoms with Crippen LogP contribution in [0.2, 0.25) is 0 Å². The van der Waals surface area contributed by atoms with Gasteiger partial charge in [-0.1, -0.05) is 5.18 Å². The molecule has 0 unspecified atom stereocenters. The number of aromatic nitrogens is 3. The number of nitrogens with two attached hydrogens (primary N) is 1. The van der Waals surface area contributed by atoms with Gasteiger partial charge in [0.15, 0.2) is 23.0 Å². The third-order valence-corrected chi connectivity index (χ3v) is 7.15. The zero-order chi connectivity index (χ0) is 26.9. The van der Waals surface area contributed by atoms with Gasteiger partial charge in [-0.3, -0.25) is 9.20 Å². The predicted octanol–water partition coefficient (Wildman–Crippen LogP) is 4.30. The summed E-state index contributed by atoms with van der Waals surface area (Å²) in [6.07, 6.45) is 5.98. The maximum absolute atomic E-state index is 14.3. The average molecular weight is 518 g/mol. The molecule has 4 aromatic rings. The quantitative estimate of drug-likeness (QED) is 0.350. The number of aryl methyl sites for hydroxylation is 1. The molecule has 11 heteroatoms. The van der Waals surface area contributed by atoms with Crippen LogP contribution in [0.1, 0.15) is 28.8 Å². The molecule has 0 aliphatic carbocycles. The van der Waals surface area contributed by atoms with Gasteiger partial charge in [0.1, 0.15) is 5.54 Å². The highest BCUT2D eigenvalue weighted by atomic mass is 19.1. The number of methoxy groups -OCH3 is 1. The van der Waals surface area contributed by atoms with Gasteiger partial charge in [0, 0.05) is 48.8 Å². The minimum Gasteiger partial charge on any atom is -0.494 e. The fourth-order valence-corrected chi connectivity index (χ4v) is 4.79. The number of piperidine rings is 1. The predicted molar refractivity (Wildman–Crippen MR) is 142 cm³/mol. The van der Waals surface area contributed by atoms with Crippen LogP contribution in [-0.2, 0) is 0 Å². The number of halogens is 1. The molecule has 0 spiro atoms. The SMILES string of the molecule is COc1ccc(-c2cnc3c(Nc4ccc(C(=O)N5CCC(CN)(N=O)CC5)c(C)c4)nccn23)cc1F. The monoisotopic (exact) mass is 517 g/mol. The molecule has 1 aliphatic heterocycles. The summed E-state index contributed by atoms with van der Waals surface area (Å²) in [5, 5.41) is 6.51. The topological polar surface area (TPSA) is 127 Å². The average Bonchev–Trinajstić information content (AvgIpc) is 3.38. The van der Waals surface area contributed by atoms with Gasteiger partial charge in [0.2, 0.25) is 0 Å². The van der Waals surface area contributed by atoms with E-state index in [1.807, 2.05) is 23.5 Å². The molecule has 196 valence electrons. The summed E-state index contributed by atoms with van der Waals surface area (Å²) in [4.78, 5) is 35.1. The molecule has 0 bridgehead atoms. The molecule has 5 rings (SSSR count). The van der Waals surface area contributed by atoms with Crippen molar-refractivity contribution in [1.29, 1.82) is 0 Å². The molecule has 38 heavy (non-hydrogen) atoms. The van der Waals surface area contributed by atoms with Crippen LogP contribution in [0.5, 0.6) is 5.75 Å². The fourth-order valence-electron chi connectivity index (χ4n) is 4.79. The van der Waals surface area contributed by atoms with Crippen molar-refractivity contribution in [2.75, 3.05) is 32.1 Å². The molecule has 2 aromatic heterocycles. The number of nitrogens with one attached hydrogen (secondary N) is 1. The normalized spacial score (nSPS) is 14.9. The van der Waals surface area contributed by atoms with E-state index in [1.54, 1.807) is 41.7 Å². The first kappa shape index (κ1) is 25.3. The van der Waals surface area contributed by atoms with Gasteiger partial charge in [0.25, 0.3) is 5.91 Å². The summed E-state index contributed by atoms with van der Waals surface area (Å²) in [6, 6.07) is 10.2. The number of amides is 1. The molecule has 3 heterocycles. The summed E-state index contributed by atoms with van der Waals surface area (Å²) in [6.45, 7) is 2.94. The Morgan fingerprint density at radius 1 is 1.21 bits per heavy atom. The lowest BCUT2D eigenvalue weighted by atomic mass is 9.88. The molecule has 0 saturated carbocycles. The smallest absolute Gasteiger partial charge is 0.254 e. The van der Waals surface area contributed by atoms with E-state index in [1.165, 1.54) is 13.2 Å². The van der Waals surface area contributed by atoms with Crippen molar-refractivity contribution in [2.45, 2.75) is 25.3 Å². The van der Waals surface area contributed by atoms with E-state index in [9.17, 15) is 14.1 Å². The number of carbonyl (C=O) groups excluding carboxylic acids is 1. The van der Waals surface area contributed by atoms with Crippen LogP contribution in [-0.4, -0.2) is 57.5 Å². The number of hydrogen-bond donors (Lipinski definition) is 2. The Morgan fingerprint density at radius 2 is 2.00 bits per heavy atom. The van der Waals surface area contributed by atoms with Gasteiger partial charge in [-0.25, -0.2) is 14.4 Å². The van der Waals surface area contributed by atoms with E-state index in [0.717, 1.165) is 11.3 Å². The van der Waals surface area contributed by atoms with E-state index < -0.39 is 11.4 Å².